The molecule has 0 spiro atoms. The summed E-state index contributed by atoms with van der Waals surface area (Å²) in [4.78, 5) is 11.2. The molecule has 2 aromatic heterocycles. The highest BCUT2D eigenvalue weighted by molar-refractivity contribution is 5.79. The van der Waals surface area contributed by atoms with Crippen LogP contribution < -0.4 is 10.2 Å². The lowest BCUT2D eigenvalue weighted by atomic mass is 10.4. The highest BCUT2D eigenvalue weighted by Gasteiger charge is 2.28. The first-order chi connectivity index (χ1) is 8.20. The van der Waals surface area contributed by atoms with Crippen molar-refractivity contribution in [1.29, 1.82) is 0 Å². The van der Waals surface area contributed by atoms with Crippen LogP contribution in [0.4, 0.5) is 11.6 Å². The van der Waals surface area contributed by atoms with E-state index in [1.807, 2.05) is 32.6 Å². The summed E-state index contributed by atoms with van der Waals surface area (Å²) in [6, 6.07) is 0. The lowest BCUT2D eigenvalue weighted by Gasteiger charge is -2.19. The van der Waals surface area contributed by atoms with Crippen LogP contribution in [0.25, 0.3) is 11.3 Å². The van der Waals surface area contributed by atoms with Crippen molar-refractivity contribution in [3.8, 4) is 0 Å². The zero-order valence-corrected chi connectivity index (χ0v) is 11.1. The van der Waals surface area contributed by atoms with Crippen LogP contribution in [0.15, 0.2) is 0 Å². The molecule has 1 atom stereocenters. The fourth-order valence-electron chi connectivity index (χ4n) is 2.01. The van der Waals surface area contributed by atoms with Crippen molar-refractivity contribution in [2.45, 2.75) is 33.4 Å². The first-order valence-electron chi connectivity index (χ1n) is 6.12. The highest BCUT2D eigenvalue weighted by atomic mass is 15.4. The molecule has 3 heterocycles. The molecule has 0 aliphatic carbocycles. The number of fused-ring (bicyclic) bond motifs is 2. The molecule has 94 valence electrons. The molecule has 0 radical (unpaired) electrons. The summed E-state index contributed by atoms with van der Waals surface area (Å²) in [5, 5.41) is 6.41. The van der Waals surface area contributed by atoms with Gasteiger partial charge in [-0.3, -0.25) is 9.78 Å². The second-order valence-corrected chi connectivity index (χ2v) is 3.92. The predicted molar refractivity (Wildman–Crippen MR) is 70.3 cm³/mol. The van der Waals surface area contributed by atoms with Gasteiger partial charge < -0.3 is 10.2 Å². The van der Waals surface area contributed by atoms with Gasteiger partial charge in [-0.1, -0.05) is 20.8 Å². The summed E-state index contributed by atoms with van der Waals surface area (Å²) in [5.41, 5.74) is 1.77. The van der Waals surface area contributed by atoms with E-state index in [2.05, 4.69) is 32.2 Å². The molecular weight excluding hydrogens is 216 g/mol. The van der Waals surface area contributed by atoms with Crippen LogP contribution in [-0.2, 0) is 7.05 Å². The van der Waals surface area contributed by atoms with Crippen molar-refractivity contribution in [2.75, 3.05) is 17.3 Å². The van der Waals surface area contributed by atoms with E-state index in [4.69, 9.17) is 0 Å². The van der Waals surface area contributed by atoms with Gasteiger partial charge in [-0.15, -0.1) is 0 Å². The smallest absolute Gasteiger partial charge is 0.194 e. The second kappa shape index (κ2) is 4.27. The number of H-pyrrole nitrogens is 1. The van der Waals surface area contributed by atoms with E-state index in [-0.39, 0.29) is 0 Å². The van der Waals surface area contributed by atoms with E-state index in [1.165, 1.54) is 0 Å². The van der Waals surface area contributed by atoms with Crippen LogP contribution in [0.1, 0.15) is 27.2 Å². The van der Waals surface area contributed by atoms with Crippen molar-refractivity contribution < 1.29 is 0 Å². The van der Waals surface area contributed by atoms with E-state index >= 15 is 0 Å². The van der Waals surface area contributed by atoms with Crippen LogP contribution in [0.5, 0.6) is 0 Å². The third-order valence-corrected chi connectivity index (χ3v) is 2.94. The van der Waals surface area contributed by atoms with Gasteiger partial charge in [0.25, 0.3) is 0 Å². The number of aryl methyl sites for hydroxylation is 1. The molecular formula is C11H20N6. The standard InChI is InChI=1S/C9H14N6.C2H6/c1-4-5-10-6-8(14(5)2)12-9-7(11-6)13-15(9)3;1-2/h5H,4H2,1-3H3,(H2,10,11,13);1-2H3. The largest absolute Gasteiger partial charge is 0.347 e. The summed E-state index contributed by atoms with van der Waals surface area (Å²) in [5.74, 6) is 1.82. The van der Waals surface area contributed by atoms with Crippen LogP contribution >= 0.6 is 0 Å². The van der Waals surface area contributed by atoms with E-state index in [1.54, 1.807) is 0 Å². The lowest BCUT2D eigenvalue weighted by Crippen LogP contribution is -2.31. The van der Waals surface area contributed by atoms with Crippen molar-refractivity contribution >= 4 is 22.9 Å². The third kappa shape index (κ3) is 1.64. The minimum atomic E-state index is 0.312. The summed E-state index contributed by atoms with van der Waals surface area (Å²) in [6.07, 6.45) is 1.34. The topological polar surface area (TPSA) is 61.8 Å². The molecule has 0 bridgehead atoms. The van der Waals surface area contributed by atoms with E-state index in [0.717, 1.165) is 29.4 Å². The Morgan fingerprint density at radius 3 is 2.53 bits per heavy atom. The monoisotopic (exact) mass is 236 g/mol. The molecule has 0 fully saturated rings. The minimum absolute atomic E-state index is 0.312. The first-order valence-corrected chi connectivity index (χ1v) is 6.12. The number of hydrogen-bond acceptors (Lipinski definition) is 4. The van der Waals surface area contributed by atoms with Gasteiger partial charge in [0.2, 0.25) is 0 Å². The lowest BCUT2D eigenvalue weighted by molar-refractivity contribution is 0.697. The molecule has 1 aliphatic heterocycles. The average molecular weight is 236 g/mol. The first kappa shape index (κ1) is 11.8. The van der Waals surface area contributed by atoms with Crippen LogP contribution in [0.2, 0.25) is 0 Å². The third-order valence-electron chi connectivity index (χ3n) is 2.94. The normalized spacial score (nSPS) is 17.7. The maximum Gasteiger partial charge on any atom is 0.194 e. The molecule has 17 heavy (non-hydrogen) atoms. The second-order valence-electron chi connectivity index (χ2n) is 3.92. The van der Waals surface area contributed by atoms with Gasteiger partial charge in [0, 0.05) is 14.1 Å². The number of aromatic nitrogens is 4. The summed E-state index contributed by atoms with van der Waals surface area (Å²) in [6.45, 7) is 6.14. The Morgan fingerprint density at radius 1 is 1.24 bits per heavy atom. The fraction of sp³-hybridized carbons (Fsp3) is 0.636. The molecule has 0 aromatic carbocycles. The molecule has 2 aromatic rings. The Hall–Kier alpha value is -1.72. The van der Waals surface area contributed by atoms with Crippen molar-refractivity contribution in [2.24, 2.45) is 7.05 Å². The Labute approximate surface area is 101 Å². The molecule has 3 rings (SSSR count). The van der Waals surface area contributed by atoms with Crippen LogP contribution in [0.3, 0.4) is 0 Å². The summed E-state index contributed by atoms with van der Waals surface area (Å²) < 4.78 is 1.87. The van der Waals surface area contributed by atoms with Gasteiger partial charge in [0.15, 0.2) is 22.9 Å². The zero-order chi connectivity index (χ0) is 12.6. The van der Waals surface area contributed by atoms with Gasteiger partial charge in [-0.05, 0) is 6.42 Å². The van der Waals surface area contributed by atoms with Gasteiger partial charge in [-0.2, -0.15) is 0 Å². The minimum Gasteiger partial charge on any atom is -0.347 e. The SMILES string of the molecule is CC.CCC1Nc2nc3[nH]n(C)c3nc2N1C. The van der Waals surface area contributed by atoms with Gasteiger partial charge in [0.05, 0.1) is 0 Å². The van der Waals surface area contributed by atoms with Crippen molar-refractivity contribution in [3.05, 3.63) is 0 Å². The van der Waals surface area contributed by atoms with Gasteiger partial charge in [0.1, 0.15) is 6.17 Å². The van der Waals surface area contributed by atoms with Crippen LogP contribution in [-0.4, -0.2) is 33.0 Å². The molecule has 0 saturated heterocycles. The zero-order valence-electron chi connectivity index (χ0n) is 11.1. The Bertz CT molecular complexity index is 511. The number of anilines is 2. The van der Waals surface area contributed by atoms with Crippen molar-refractivity contribution in [1.82, 2.24) is 19.7 Å². The number of nitrogens with one attached hydrogen (secondary N) is 2. The fourth-order valence-corrected chi connectivity index (χ4v) is 2.01. The maximum absolute atomic E-state index is 4.56. The number of rotatable bonds is 1. The quantitative estimate of drug-likeness (QED) is 0.794. The molecule has 1 aliphatic rings. The number of nitrogens with zero attached hydrogens (tertiary/aromatic N) is 4. The molecule has 0 amide bonds. The Kier molecular flexibility index (Phi) is 2.95. The predicted octanol–water partition coefficient (Wildman–Crippen LogP) is 1.92. The molecule has 6 nitrogen and oxygen atoms in total. The maximum atomic E-state index is 4.56. The molecule has 2 N–H and O–H groups in total. The number of aromatic amines is 1. The van der Waals surface area contributed by atoms with Gasteiger partial charge >= 0.3 is 0 Å². The highest BCUT2D eigenvalue weighted by Crippen LogP contribution is 2.32. The Balaban J connectivity index is 0.000000514. The summed E-state index contributed by atoms with van der Waals surface area (Å²) >= 11 is 0. The Morgan fingerprint density at radius 2 is 1.94 bits per heavy atom. The average Bonchev–Trinajstić information content (AvgIpc) is 2.66. The summed E-state index contributed by atoms with van der Waals surface area (Å²) in [7, 11) is 3.98. The van der Waals surface area contributed by atoms with E-state index in [9.17, 15) is 0 Å². The molecule has 6 heteroatoms. The molecule has 1 unspecified atom stereocenters. The van der Waals surface area contributed by atoms with Crippen molar-refractivity contribution in [3.63, 3.8) is 0 Å². The molecule has 0 saturated carbocycles. The van der Waals surface area contributed by atoms with Gasteiger partial charge in [-0.25, -0.2) is 9.97 Å². The number of hydrogen-bond donors (Lipinski definition) is 2. The van der Waals surface area contributed by atoms with Crippen LogP contribution in [0, 0.1) is 0 Å². The van der Waals surface area contributed by atoms with E-state index < -0.39 is 0 Å². The van der Waals surface area contributed by atoms with E-state index in [0.29, 0.717) is 6.17 Å².